The zero-order valence-corrected chi connectivity index (χ0v) is 15.1. The first kappa shape index (κ1) is 18.7. The smallest absolute Gasteiger partial charge is 0.308 e. The van der Waals surface area contributed by atoms with Crippen molar-refractivity contribution in [1.29, 1.82) is 0 Å². The first-order valence-corrected chi connectivity index (χ1v) is 8.79. The maximum absolute atomic E-state index is 12.0. The van der Waals surface area contributed by atoms with Crippen LogP contribution in [0.15, 0.2) is 54.6 Å². The molecule has 0 aliphatic carbocycles. The summed E-state index contributed by atoms with van der Waals surface area (Å²) in [6, 6.07) is 14.7. The van der Waals surface area contributed by atoms with Crippen LogP contribution in [0.4, 0.5) is 11.4 Å². The zero-order valence-electron chi connectivity index (χ0n) is 15.1. The summed E-state index contributed by atoms with van der Waals surface area (Å²) in [4.78, 5) is 25.5. The van der Waals surface area contributed by atoms with Gasteiger partial charge in [0.2, 0.25) is 5.91 Å². The van der Waals surface area contributed by atoms with Gasteiger partial charge in [-0.2, -0.15) is 0 Å². The van der Waals surface area contributed by atoms with Crippen LogP contribution in [0.25, 0.3) is 6.08 Å². The van der Waals surface area contributed by atoms with Crippen LogP contribution in [0.1, 0.15) is 17.0 Å². The van der Waals surface area contributed by atoms with E-state index < -0.39 is 11.9 Å². The molecule has 2 aromatic carbocycles. The van der Waals surface area contributed by atoms with E-state index in [4.69, 9.17) is 5.73 Å². The van der Waals surface area contributed by atoms with Gasteiger partial charge in [-0.15, -0.1) is 0 Å². The Bertz CT molecular complexity index is 861. The highest BCUT2D eigenvalue weighted by molar-refractivity contribution is 6.03. The highest BCUT2D eigenvalue weighted by atomic mass is 16.4. The number of hydrogen-bond donors (Lipinski definition) is 3. The predicted octanol–water partition coefficient (Wildman–Crippen LogP) is 2.65. The minimum atomic E-state index is -0.759. The highest BCUT2D eigenvalue weighted by Crippen LogP contribution is 2.32. The number of hydrogen-bond acceptors (Lipinski definition) is 4. The van der Waals surface area contributed by atoms with Crippen LogP contribution in [0.2, 0.25) is 0 Å². The predicted molar refractivity (Wildman–Crippen MR) is 106 cm³/mol. The minimum absolute atomic E-state index is 0.0186. The number of rotatable bonds is 5. The first-order chi connectivity index (χ1) is 12.9. The molecular formula is C21H23N3O3. The second kappa shape index (κ2) is 8.05. The lowest BCUT2D eigenvalue weighted by molar-refractivity contribution is -0.141. The van der Waals surface area contributed by atoms with Gasteiger partial charge in [0.1, 0.15) is 0 Å². The Morgan fingerprint density at radius 2 is 1.85 bits per heavy atom. The number of benzene rings is 2. The first-order valence-electron chi connectivity index (χ1n) is 8.79. The number of aliphatic carboxylic acids is 1. The van der Waals surface area contributed by atoms with E-state index in [-0.39, 0.29) is 11.8 Å². The molecule has 3 rings (SSSR count). The van der Waals surface area contributed by atoms with E-state index in [1.54, 1.807) is 30.3 Å². The molecule has 0 radical (unpaired) electrons. The van der Waals surface area contributed by atoms with E-state index in [2.05, 4.69) is 5.32 Å². The molecule has 6 heteroatoms. The SMILES string of the molecule is CN1C[C@H](C(=O)O)[C@@H](c2ccc(C=CC(=O)Nc3ccccc3N)cc2)C1. The molecule has 1 saturated heterocycles. The van der Waals surface area contributed by atoms with Gasteiger partial charge in [-0.3, -0.25) is 9.59 Å². The lowest BCUT2D eigenvalue weighted by Crippen LogP contribution is -2.21. The van der Waals surface area contributed by atoms with Crippen LogP contribution in [0, 0.1) is 5.92 Å². The van der Waals surface area contributed by atoms with Gasteiger partial charge in [-0.25, -0.2) is 0 Å². The number of carboxylic acid groups (broad SMARTS) is 1. The van der Waals surface area contributed by atoms with E-state index in [1.807, 2.05) is 36.2 Å². The average molecular weight is 365 g/mol. The molecule has 0 aromatic heterocycles. The van der Waals surface area contributed by atoms with Crippen molar-refractivity contribution in [2.45, 2.75) is 5.92 Å². The second-order valence-electron chi connectivity index (χ2n) is 6.85. The van der Waals surface area contributed by atoms with Gasteiger partial charge in [0.05, 0.1) is 17.3 Å². The van der Waals surface area contributed by atoms with Gasteiger partial charge < -0.3 is 21.1 Å². The van der Waals surface area contributed by atoms with Crippen molar-refractivity contribution in [3.05, 3.63) is 65.7 Å². The van der Waals surface area contributed by atoms with Crippen molar-refractivity contribution in [2.24, 2.45) is 5.92 Å². The lowest BCUT2D eigenvalue weighted by Gasteiger charge is -2.15. The summed E-state index contributed by atoms with van der Waals surface area (Å²) in [6.07, 6.45) is 3.17. The van der Waals surface area contributed by atoms with Crippen molar-refractivity contribution < 1.29 is 14.7 Å². The number of carbonyl (C=O) groups excluding carboxylic acids is 1. The summed E-state index contributed by atoms with van der Waals surface area (Å²) >= 11 is 0. The van der Waals surface area contributed by atoms with Gasteiger partial charge in [-0.1, -0.05) is 36.4 Å². The molecule has 2 aromatic rings. The molecule has 0 spiro atoms. The molecule has 1 aliphatic heterocycles. The Morgan fingerprint density at radius 1 is 1.15 bits per heavy atom. The van der Waals surface area contributed by atoms with Crippen molar-refractivity contribution in [3.8, 4) is 0 Å². The van der Waals surface area contributed by atoms with Gasteiger partial charge in [-0.05, 0) is 36.4 Å². The third kappa shape index (κ3) is 4.54. The van der Waals surface area contributed by atoms with Crippen LogP contribution in [0.3, 0.4) is 0 Å². The number of anilines is 2. The summed E-state index contributed by atoms with van der Waals surface area (Å²) in [6.45, 7) is 1.29. The Kier molecular flexibility index (Phi) is 5.57. The molecule has 2 atom stereocenters. The van der Waals surface area contributed by atoms with Gasteiger partial charge in [0.25, 0.3) is 0 Å². The maximum atomic E-state index is 12.0. The fourth-order valence-corrected chi connectivity index (χ4v) is 3.40. The van der Waals surface area contributed by atoms with E-state index in [0.717, 1.165) is 17.7 Å². The number of para-hydroxylation sites is 2. The average Bonchev–Trinajstić information content (AvgIpc) is 3.04. The molecule has 1 amide bonds. The molecule has 1 heterocycles. The van der Waals surface area contributed by atoms with Crippen molar-refractivity contribution in [3.63, 3.8) is 0 Å². The quantitative estimate of drug-likeness (QED) is 0.559. The zero-order chi connectivity index (χ0) is 19.4. The number of nitrogen functional groups attached to an aromatic ring is 1. The lowest BCUT2D eigenvalue weighted by atomic mass is 9.88. The van der Waals surface area contributed by atoms with E-state index in [0.29, 0.717) is 17.9 Å². The molecule has 1 aliphatic rings. The van der Waals surface area contributed by atoms with Crippen molar-refractivity contribution in [2.75, 3.05) is 31.2 Å². The Morgan fingerprint density at radius 3 is 2.52 bits per heavy atom. The van der Waals surface area contributed by atoms with Gasteiger partial charge in [0.15, 0.2) is 0 Å². The van der Waals surface area contributed by atoms with E-state index >= 15 is 0 Å². The molecule has 0 bridgehead atoms. The highest BCUT2D eigenvalue weighted by Gasteiger charge is 2.36. The summed E-state index contributed by atoms with van der Waals surface area (Å²) in [5.41, 5.74) is 8.77. The molecule has 1 fully saturated rings. The third-order valence-electron chi connectivity index (χ3n) is 4.83. The molecule has 4 N–H and O–H groups in total. The van der Waals surface area contributed by atoms with Gasteiger partial charge in [0, 0.05) is 25.1 Å². The number of nitrogens with zero attached hydrogens (tertiary/aromatic N) is 1. The maximum Gasteiger partial charge on any atom is 0.308 e. The monoisotopic (exact) mass is 365 g/mol. The van der Waals surface area contributed by atoms with E-state index in [9.17, 15) is 14.7 Å². The molecule has 27 heavy (non-hydrogen) atoms. The number of likely N-dealkylation sites (N-methyl/N-ethyl adjacent to an activating group) is 1. The molecule has 0 saturated carbocycles. The van der Waals surface area contributed by atoms with Gasteiger partial charge >= 0.3 is 5.97 Å². The summed E-state index contributed by atoms with van der Waals surface area (Å²) in [7, 11) is 1.94. The van der Waals surface area contributed by atoms with Crippen LogP contribution in [-0.2, 0) is 9.59 Å². The minimum Gasteiger partial charge on any atom is -0.481 e. The normalized spacial score (nSPS) is 20.0. The van der Waals surface area contributed by atoms with Crippen LogP contribution in [0.5, 0.6) is 0 Å². The van der Waals surface area contributed by atoms with Crippen molar-refractivity contribution in [1.82, 2.24) is 4.90 Å². The van der Waals surface area contributed by atoms with Crippen LogP contribution >= 0.6 is 0 Å². The largest absolute Gasteiger partial charge is 0.481 e. The third-order valence-corrected chi connectivity index (χ3v) is 4.83. The Hall–Kier alpha value is -3.12. The summed E-state index contributed by atoms with van der Waals surface area (Å²) < 4.78 is 0. The summed E-state index contributed by atoms with van der Waals surface area (Å²) in [5.74, 6) is -1.43. The van der Waals surface area contributed by atoms with Crippen molar-refractivity contribution >= 4 is 29.3 Å². The van der Waals surface area contributed by atoms with E-state index in [1.165, 1.54) is 6.08 Å². The van der Waals surface area contributed by atoms with Crippen LogP contribution < -0.4 is 11.1 Å². The molecule has 6 nitrogen and oxygen atoms in total. The number of nitrogens with two attached hydrogens (primary N) is 1. The topological polar surface area (TPSA) is 95.7 Å². The summed E-state index contributed by atoms with van der Waals surface area (Å²) in [5, 5.41) is 12.2. The number of carboxylic acids is 1. The molecule has 0 unspecified atom stereocenters. The number of likely N-dealkylation sites (tertiary alicyclic amines) is 1. The number of amides is 1. The fourth-order valence-electron chi connectivity index (χ4n) is 3.40. The fraction of sp³-hybridized carbons (Fsp3) is 0.238. The Labute approximate surface area is 158 Å². The number of carbonyl (C=O) groups is 2. The molecular weight excluding hydrogens is 342 g/mol. The van der Waals surface area contributed by atoms with Crippen LogP contribution in [-0.4, -0.2) is 42.0 Å². The molecule has 140 valence electrons. The number of nitrogens with one attached hydrogen (secondary N) is 1. The standard InChI is InChI=1S/C21H23N3O3/c1-24-12-16(17(13-24)21(26)27)15-9-6-14(7-10-15)8-11-20(25)23-19-5-3-2-4-18(19)22/h2-11,16-17H,12-13,22H2,1H3,(H,23,25)(H,26,27)/t16-,17+/m1/s1. The second-order valence-corrected chi connectivity index (χ2v) is 6.85. The Balaban J connectivity index is 1.65.